The van der Waals surface area contributed by atoms with Gasteiger partial charge in [-0.2, -0.15) is 0 Å². The Labute approximate surface area is 170 Å². The van der Waals surface area contributed by atoms with E-state index in [1.807, 2.05) is 49.5 Å². The zero-order valence-electron chi connectivity index (χ0n) is 15.0. The van der Waals surface area contributed by atoms with E-state index in [9.17, 15) is 4.79 Å². The number of pyridine rings is 2. The lowest BCUT2D eigenvalue weighted by atomic mass is 10.1. The molecule has 0 fully saturated rings. The van der Waals surface area contributed by atoms with Crippen LogP contribution in [0.3, 0.4) is 0 Å². The highest BCUT2D eigenvalue weighted by atomic mass is 79.9. The molecule has 1 amide bonds. The quantitative estimate of drug-likeness (QED) is 0.508. The van der Waals surface area contributed by atoms with Crippen LogP contribution in [0, 0.1) is 6.92 Å². The zero-order valence-corrected chi connectivity index (χ0v) is 16.6. The third kappa shape index (κ3) is 3.84. The van der Waals surface area contributed by atoms with Gasteiger partial charge in [0, 0.05) is 22.4 Å². The monoisotopic (exact) mass is 433 g/mol. The van der Waals surface area contributed by atoms with Crippen molar-refractivity contribution in [1.82, 2.24) is 19.5 Å². The summed E-state index contributed by atoms with van der Waals surface area (Å²) in [5.41, 5.74) is 3.62. The van der Waals surface area contributed by atoms with Gasteiger partial charge in [0.05, 0.1) is 28.8 Å². The van der Waals surface area contributed by atoms with Crippen molar-refractivity contribution in [2.24, 2.45) is 0 Å². The molecule has 0 aliphatic carbocycles. The van der Waals surface area contributed by atoms with Crippen molar-refractivity contribution >= 4 is 27.5 Å². The normalized spacial score (nSPS) is 10.6. The second-order valence-corrected chi connectivity index (χ2v) is 7.08. The molecule has 0 aliphatic rings. The average molecular weight is 434 g/mol. The van der Waals surface area contributed by atoms with Crippen LogP contribution in [-0.4, -0.2) is 25.4 Å². The van der Waals surface area contributed by atoms with Crippen LogP contribution < -0.4 is 5.32 Å². The van der Waals surface area contributed by atoms with Gasteiger partial charge < -0.3 is 5.32 Å². The van der Waals surface area contributed by atoms with Gasteiger partial charge >= 0.3 is 0 Å². The Morgan fingerprint density at radius 3 is 2.71 bits per heavy atom. The van der Waals surface area contributed by atoms with Crippen molar-refractivity contribution < 1.29 is 4.79 Å². The summed E-state index contributed by atoms with van der Waals surface area (Å²) < 4.78 is 2.78. The highest BCUT2D eigenvalue weighted by Crippen LogP contribution is 2.23. The van der Waals surface area contributed by atoms with E-state index < -0.39 is 0 Å². The van der Waals surface area contributed by atoms with E-state index in [0.717, 1.165) is 21.5 Å². The third-order valence-corrected chi connectivity index (χ3v) is 4.72. The highest BCUT2D eigenvalue weighted by Gasteiger charge is 2.12. The first kappa shape index (κ1) is 18.1. The summed E-state index contributed by atoms with van der Waals surface area (Å²) in [7, 11) is 0. The van der Waals surface area contributed by atoms with Crippen LogP contribution in [0.15, 0.2) is 77.9 Å². The number of halogens is 1. The Morgan fingerprint density at radius 1 is 1.14 bits per heavy atom. The van der Waals surface area contributed by atoms with Crippen LogP contribution >= 0.6 is 15.9 Å². The van der Waals surface area contributed by atoms with E-state index in [0.29, 0.717) is 16.9 Å². The summed E-state index contributed by atoms with van der Waals surface area (Å²) >= 11 is 3.47. The molecule has 28 heavy (non-hydrogen) atoms. The number of hydrogen-bond acceptors (Lipinski definition) is 4. The SMILES string of the molecule is Cc1nc(-c2cccc(Br)c2)ccc1C(=O)Nc1ccc(-n2ccnc2)nc1. The predicted octanol–water partition coefficient (Wildman–Crippen LogP) is 4.65. The minimum atomic E-state index is -0.219. The van der Waals surface area contributed by atoms with Crippen molar-refractivity contribution in [3.8, 4) is 17.1 Å². The number of imidazole rings is 1. The van der Waals surface area contributed by atoms with Crippen LogP contribution in [-0.2, 0) is 0 Å². The maximum Gasteiger partial charge on any atom is 0.257 e. The lowest BCUT2D eigenvalue weighted by Gasteiger charge is -2.10. The minimum Gasteiger partial charge on any atom is -0.321 e. The van der Waals surface area contributed by atoms with Gasteiger partial charge in [-0.25, -0.2) is 9.97 Å². The Kier molecular flexibility index (Phi) is 4.99. The molecule has 3 aromatic heterocycles. The third-order valence-electron chi connectivity index (χ3n) is 4.23. The first-order valence-electron chi connectivity index (χ1n) is 8.59. The molecule has 0 unspecified atom stereocenters. The fourth-order valence-corrected chi connectivity index (χ4v) is 3.21. The Balaban J connectivity index is 1.52. The number of amides is 1. The van der Waals surface area contributed by atoms with Gasteiger partial charge in [0.1, 0.15) is 12.1 Å². The Hall–Kier alpha value is -3.32. The number of nitrogens with zero attached hydrogens (tertiary/aromatic N) is 4. The Bertz CT molecular complexity index is 1120. The molecular formula is C21H16BrN5O. The molecule has 1 N–H and O–H groups in total. The number of carbonyl (C=O) groups is 1. The van der Waals surface area contributed by atoms with Crippen molar-refractivity contribution in [2.45, 2.75) is 6.92 Å². The number of nitrogens with one attached hydrogen (secondary N) is 1. The number of rotatable bonds is 4. The first-order chi connectivity index (χ1) is 13.6. The average Bonchev–Trinajstić information content (AvgIpc) is 3.23. The summed E-state index contributed by atoms with van der Waals surface area (Å²) in [6, 6.07) is 15.2. The van der Waals surface area contributed by atoms with Crippen molar-refractivity contribution in [3.63, 3.8) is 0 Å². The largest absolute Gasteiger partial charge is 0.321 e. The lowest BCUT2D eigenvalue weighted by molar-refractivity contribution is 0.102. The second kappa shape index (κ2) is 7.74. The van der Waals surface area contributed by atoms with E-state index in [4.69, 9.17) is 0 Å². The topological polar surface area (TPSA) is 72.7 Å². The smallest absolute Gasteiger partial charge is 0.257 e. The molecule has 6 nitrogen and oxygen atoms in total. The van der Waals surface area contributed by atoms with E-state index in [1.165, 1.54) is 0 Å². The molecule has 1 aromatic carbocycles. The maximum absolute atomic E-state index is 12.6. The van der Waals surface area contributed by atoms with Crippen LogP contribution in [0.1, 0.15) is 16.1 Å². The number of carbonyl (C=O) groups excluding carboxylic acids is 1. The summed E-state index contributed by atoms with van der Waals surface area (Å²) in [4.78, 5) is 25.6. The van der Waals surface area contributed by atoms with Crippen molar-refractivity contribution in [1.29, 1.82) is 0 Å². The highest BCUT2D eigenvalue weighted by molar-refractivity contribution is 9.10. The number of aromatic nitrogens is 4. The van der Waals surface area contributed by atoms with Crippen molar-refractivity contribution in [2.75, 3.05) is 5.32 Å². The molecule has 4 aromatic rings. The molecule has 0 bridgehead atoms. The predicted molar refractivity (Wildman–Crippen MR) is 111 cm³/mol. The molecule has 0 spiro atoms. The molecular weight excluding hydrogens is 418 g/mol. The molecule has 7 heteroatoms. The number of benzene rings is 1. The Morgan fingerprint density at radius 2 is 2.04 bits per heavy atom. The van der Waals surface area contributed by atoms with Gasteiger partial charge in [0.25, 0.3) is 5.91 Å². The summed E-state index contributed by atoms with van der Waals surface area (Å²) in [5.74, 6) is 0.509. The van der Waals surface area contributed by atoms with Gasteiger partial charge in [-0.3, -0.25) is 14.3 Å². The molecule has 0 saturated heterocycles. The lowest BCUT2D eigenvalue weighted by Crippen LogP contribution is -2.14. The molecule has 0 radical (unpaired) electrons. The van der Waals surface area contributed by atoms with E-state index >= 15 is 0 Å². The van der Waals surface area contributed by atoms with Gasteiger partial charge in [0.15, 0.2) is 0 Å². The maximum atomic E-state index is 12.6. The van der Waals surface area contributed by atoms with Crippen LogP contribution in [0.5, 0.6) is 0 Å². The van der Waals surface area contributed by atoms with Crippen LogP contribution in [0.4, 0.5) is 5.69 Å². The van der Waals surface area contributed by atoms with Gasteiger partial charge in [-0.1, -0.05) is 28.1 Å². The summed E-state index contributed by atoms with van der Waals surface area (Å²) in [5, 5.41) is 2.87. The van der Waals surface area contributed by atoms with E-state index in [-0.39, 0.29) is 5.91 Å². The fourth-order valence-electron chi connectivity index (χ4n) is 2.82. The van der Waals surface area contributed by atoms with E-state index in [2.05, 4.69) is 36.2 Å². The zero-order chi connectivity index (χ0) is 19.5. The fraction of sp³-hybridized carbons (Fsp3) is 0.0476. The molecule has 0 saturated carbocycles. The number of hydrogen-bond donors (Lipinski definition) is 1. The second-order valence-electron chi connectivity index (χ2n) is 6.17. The summed E-state index contributed by atoms with van der Waals surface area (Å²) in [6.07, 6.45) is 6.78. The molecule has 138 valence electrons. The molecule has 0 atom stereocenters. The van der Waals surface area contributed by atoms with Gasteiger partial charge in [-0.05, 0) is 43.3 Å². The van der Waals surface area contributed by atoms with Gasteiger partial charge in [0.2, 0.25) is 0 Å². The first-order valence-corrected chi connectivity index (χ1v) is 9.39. The van der Waals surface area contributed by atoms with Crippen molar-refractivity contribution in [3.05, 3.63) is 89.2 Å². The number of anilines is 1. The van der Waals surface area contributed by atoms with Gasteiger partial charge in [-0.15, -0.1) is 0 Å². The standard InChI is InChI=1S/C21H16BrN5O/c1-14-18(6-7-19(25-14)15-3-2-4-16(22)11-15)21(28)26-17-5-8-20(24-12-17)27-10-9-23-13-27/h2-13H,1H3,(H,26,28). The molecule has 4 rings (SSSR count). The molecule has 0 aliphatic heterocycles. The van der Waals surface area contributed by atoms with Crippen LogP contribution in [0.2, 0.25) is 0 Å². The van der Waals surface area contributed by atoms with E-state index in [1.54, 1.807) is 35.4 Å². The summed E-state index contributed by atoms with van der Waals surface area (Å²) in [6.45, 7) is 1.83. The molecule has 3 heterocycles. The number of aryl methyl sites for hydroxylation is 1. The minimum absolute atomic E-state index is 0.219. The van der Waals surface area contributed by atoms with Crippen LogP contribution in [0.25, 0.3) is 17.1 Å².